The molecule has 9 nitrogen and oxygen atoms in total. The summed E-state index contributed by atoms with van der Waals surface area (Å²) in [6.07, 6.45) is 4.64. The number of benzene rings is 1. The van der Waals surface area contributed by atoms with E-state index in [0.717, 1.165) is 23.2 Å². The number of aromatic nitrogens is 5. The quantitative estimate of drug-likeness (QED) is 0.256. The predicted octanol–water partition coefficient (Wildman–Crippen LogP) is 5.33. The van der Waals surface area contributed by atoms with Crippen LogP contribution in [0.2, 0.25) is 0 Å². The summed E-state index contributed by atoms with van der Waals surface area (Å²) in [5.41, 5.74) is 3.19. The summed E-state index contributed by atoms with van der Waals surface area (Å²) in [5.74, 6) is -1.30. The van der Waals surface area contributed by atoms with Gasteiger partial charge in [-0.3, -0.25) is 9.48 Å². The van der Waals surface area contributed by atoms with E-state index in [-0.39, 0.29) is 36.5 Å². The molecule has 42 heavy (non-hydrogen) atoms. The van der Waals surface area contributed by atoms with Gasteiger partial charge in [-0.1, -0.05) is 6.58 Å². The smallest absolute Gasteiger partial charge is 0.246 e. The van der Waals surface area contributed by atoms with E-state index in [4.69, 9.17) is 14.8 Å². The largest absolute Gasteiger partial charge is 0.490 e. The lowest BCUT2D eigenvalue weighted by Gasteiger charge is -2.33. The molecule has 1 aliphatic heterocycles. The second kappa shape index (κ2) is 11.0. The summed E-state index contributed by atoms with van der Waals surface area (Å²) in [4.78, 5) is 27.9. The van der Waals surface area contributed by atoms with Crippen LogP contribution in [0.4, 0.5) is 8.78 Å². The van der Waals surface area contributed by atoms with Crippen molar-refractivity contribution in [2.24, 2.45) is 0 Å². The molecule has 1 aromatic carbocycles. The van der Waals surface area contributed by atoms with Crippen molar-refractivity contribution in [2.45, 2.75) is 26.4 Å². The SMILES string of the molecule is C=CC(=O)N1CCn2nc(-c3nc(-c4cnc(C)nc4)c4ccsc4c3-c3c(F)cc(F)cc3OCCO)cc2C1C. The summed E-state index contributed by atoms with van der Waals surface area (Å²) < 4.78 is 38.3. The number of amides is 1. The van der Waals surface area contributed by atoms with Crippen LogP contribution in [0.3, 0.4) is 0 Å². The van der Waals surface area contributed by atoms with E-state index in [1.165, 1.54) is 17.4 Å². The molecule has 1 atom stereocenters. The first-order chi connectivity index (χ1) is 20.3. The van der Waals surface area contributed by atoms with Gasteiger partial charge in [0.25, 0.3) is 0 Å². The van der Waals surface area contributed by atoms with Gasteiger partial charge in [-0.2, -0.15) is 5.10 Å². The average Bonchev–Trinajstić information content (AvgIpc) is 3.64. The Bertz CT molecular complexity index is 1840. The molecule has 214 valence electrons. The normalized spacial score (nSPS) is 14.7. The number of aliphatic hydroxyl groups excluding tert-OH is 1. The number of thiophene rings is 1. The Kier molecular flexibility index (Phi) is 7.25. The number of rotatable bonds is 7. The number of pyridine rings is 1. The minimum atomic E-state index is -0.841. The molecule has 5 heterocycles. The zero-order valence-electron chi connectivity index (χ0n) is 22.8. The molecular formula is C30H26F2N6O3S. The Hall–Kier alpha value is -4.55. The van der Waals surface area contributed by atoms with Crippen molar-refractivity contribution in [1.29, 1.82) is 0 Å². The molecule has 6 rings (SSSR count). The molecule has 0 saturated carbocycles. The van der Waals surface area contributed by atoms with E-state index in [1.54, 1.807) is 24.2 Å². The van der Waals surface area contributed by atoms with Crippen LogP contribution in [0.25, 0.3) is 43.9 Å². The highest BCUT2D eigenvalue weighted by atomic mass is 32.1. The topological polar surface area (TPSA) is 106 Å². The highest BCUT2D eigenvalue weighted by molar-refractivity contribution is 7.18. The van der Waals surface area contributed by atoms with Crippen molar-refractivity contribution in [3.8, 4) is 39.5 Å². The minimum Gasteiger partial charge on any atom is -0.490 e. The molecule has 0 bridgehead atoms. The van der Waals surface area contributed by atoms with E-state index in [1.807, 2.05) is 29.1 Å². The molecule has 4 aromatic heterocycles. The highest BCUT2D eigenvalue weighted by Crippen LogP contribution is 2.47. The van der Waals surface area contributed by atoms with Crippen LogP contribution in [-0.4, -0.2) is 60.4 Å². The lowest BCUT2D eigenvalue weighted by Crippen LogP contribution is -2.40. The molecule has 0 spiro atoms. The monoisotopic (exact) mass is 588 g/mol. The highest BCUT2D eigenvalue weighted by Gasteiger charge is 2.31. The number of ether oxygens (including phenoxy) is 1. The third kappa shape index (κ3) is 4.72. The maximum Gasteiger partial charge on any atom is 0.246 e. The fraction of sp³-hybridized carbons (Fsp3) is 0.233. The van der Waals surface area contributed by atoms with Crippen LogP contribution in [0, 0.1) is 18.6 Å². The standard InChI is InChI=1S/C30H26F2N6O3S/c1-4-25(40)37-6-7-38-23(16(37)2)13-22(36-38)29-27(26-21(32)11-19(31)12-24(26)41-9-8-39)30-20(5-10-42-30)28(35-29)18-14-33-17(3)34-15-18/h4-5,10-16,39H,1,6-9H2,2-3H3. The minimum absolute atomic E-state index is 0.00832. The number of hydrogen-bond acceptors (Lipinski definition) is 8. The molecule has 1 unspecified atom stereocenters. The lowest BCUT2D eigenvalue weighted by molar-refractivity contribution is -0.129. The van der Waals surface area contributed by atoms with Gasteiger partial charge in [0.15, 0.2) is 0 Å². The van der Waals surface area contributed by atoms with Crippen molar-refractivity contribution >= 4 is 27.3 Å². The summed E-state index contributed by atoms with van der Waals surface area (Å²) in [7, 11) is 0. The van der Waals surface area contributed by atoms with Crippen LogP contribution < -0.4 is 4.74 Å². The Balaban J connectivity index is 1.65. The predicted molar refractivity (Wildman–Crippen MR) is 155 cm³/mol. The van der Waals surface area contributed by atoms with Crippen LogP contribution in [0.1, 0.15) is 24.5 Å². The number of fused-ring (bicyclic) bond motifs is 2. The maximum atomic E-state index is 15.8. The first-order valence-electron chi connectivity index (χ1n) is 13.2. The van der Waals surface area contributed by atoms with E-state index in [0.29, 0.717) is 51.8 Å². The lowest BCUT2D eigenvalue weighted by atomic mass is 9.96. The molecule has 1 aliphatic rings. The van der Waals surface area contributed by atoms with Gasteiger partial charge in [0.2, 0.25) is 5.91 Å². The van der Waals surface area contributed by atoms with Gasteiger partial charge < -0.3 is 14.7 Å². The molecule has 12 heteroatoms. The van der Waals surface area contributed by atoms with Gasteiger partial charge >= 0.3 is 0 Å². The molecule has 0 aliphatic carbocycles. The first-order valence-corrected chi connectivity index (χ1v) is 14.1. The van der Waals surface area contributed by atoms with E-state index in [2.05, 4.69) is 16.5 Å². The van der Waals surface area contributed by atoms with Gasteiger partial charge in [0.1, 0.15) is 41.2 Å². The van der Waals surface area contributed by atoms with Gasteiger partial charge in [0.05, 0.1) is 36.1 Å². The van der Waals surface area contributed by atoms with Gasteiger partial charge in [-0.25, -0.2) is 23.7 Å². The molecule has 5 aromatic rings. The van der Waals surface area contributed by atoms with Gasteiger partial charge in [0, 0.05) is 52.3 Å². The van der Waals surface area contributed by atoms with Gasteiger partial charge in [-0.05, 0) is 37.4 Å². The number of carbonyl (C=O) groups excluding carboxylic acids is 1. The Morgan fingerprint density at radius 2 is 1.98 bits per heavy atom. The molecule has 1 N–H and O–H groups in total. The first kappa shape index (κ1) is 27.6. The second-order valence-corrected chi connectivity index (χ2v) is 10.7. The van der Waals surface area contributed by atoms with E-state index >= 15 is 4.39 Å². The average molecular weight is 589 g/mol. The van der Waals surface area contributed by atoms with Gasteiger partial charge in [-0.15, -0.1) is 11.3 Å². The summed E-state index contributed by atoms with van der Waals surface area (Å²) in [5, 5.41) is 16.8. The van der Waals surface area contributed by atoms with Crippen molar-refractivity contribution in [3.05, 3.63) is 77.8 Å². The number of carbonyl (C=O) groups is 1. The Morgan fingerprint density at radius 3 is 2.71 bits per heavy atom. The fourth-order valence-corrected chi connectivity index (χ4v) is 6.22. The third-order valence-corrected chi connectivity index (χ3v) is 8.17. The molecule has 0 fully saturated rings. The summed E-state index contributed by atoms with van der Waals surface area (Å²) >= 11 is 1.37. The maximum absolute atomic E-state index is 15.8. The molecular weight excluding hydrogens is 562 g/mol. The van der Waals surface area contributed by atoms with Crippen LogP contribution in [0.15, 0.2) is 54.7 Å². The number of aliphatic hydroxyl groups is 1. The second-order valence-electron chi connectivity index (χ2n) is 9.79. The van der Waals surface area contributed by atoms with E-state index < -0.39 is 11.6 Å². The number of hydrogen-bond donors (Lipinski definition) is 1. The number of aryl methyl sites for hydroxylation is 1. The zero-order valence-corrected chi connectivity index (χ0v) is 23.7. The summed E-state index contributed by atoms with van der Waals surface area (Å²) in [6, 6.07) is 5.31. The van der Waals surface area contributed by atoms with Crippen molar-refractivity contribution in [3.63, 3.8) is 0 Å². The summed E-state index contributed by atoms with van der Waals surface area (Å²) in [6.45, 7) is 7.71. The van der Waals surface area contributed by atoms with Crippen LogP contribution in [-0.2, 0) is 11.3 Å². The zero-order chi connectivity index (χ0) is 29.5. The number of nitrogens with zero attached hydrogens (tertiary/aromatic N) is 6. The Morgan fingerprint density at radius 1 is 1.19 bits per heavy atom. The van der Waals surface area contributed by atoms with Crippen molar-refractivity contribution in [1.82, 2.24) is 29.6 Å². The Labute approximate surface area is 243 Å². The fourth-order valence-electron chi connectivity index (χ4n) is 5.28. The third-order valence-electron chi connectivity index (χ3n) is 7.24. The van der Waals surface area contributed by atoms with Crippen molar-refractivity contribution < 1.29 is 23.4 Å². The molecule has 1 amide bonds. The molecule has 0 saturated heterocycles. The van der Waals surface area contributed by atoms with Crippen LogP contribution in [0.5, 0.6) is 5.75 Å². The van der Waals surface area contributed by atoms with Crippen molar-refractivity contribution in [2.75, 3.05) is 19.8 Å². The molecule has 0 radical (unpaired) electrons. The van der Waals surface area contributed by atoms with Crippen LogP contribution >= 0.6 is 11.3 Å². The number of halogens is 2. The van der Waals surface area contributed by atoms with E-state index in [9.17, 15) is 14.3 Å².